The van der Waals surface area contributed by atoms with Crippen LogP contribution in [0.2, 0.25) is 0 Å². The van der Waals surface area contributed by atoms with E-state index < -0.39 is 0 Å². The van der Waals surface area contributed by atoms with Gasteiger partial charge in [0, 0.05) is 45.2 Å². The second kappa shape index (κ2) is 7.14. The first kappa shape index (κ1) is 16.7. The van der Waals surface area contributed by atoms with Crippen LogP contribution in [0.25, 0.3) is 0 Å². The molecule has 1 N–H and O–H groups in total. The third-order valence-electron chi connectivity index (χ3n) is 4.59. The van der Waals surface area contributed by atoms with Crippen LogP contribution in [0.15, 0.2) is 16.4 Å². The van der Waals surface area contributed by atoms with Crippen molar-refractivity contribution in [3.05, 3.63) is 17.5 Å². The molecule has 1 fully saturated rings. The summed E-state index contributed by atoms with van der Waals surface area (Å²) in [7, 11) is 0. The molecule has 0 spiro atoms. The highest BCUT2D eigenvalue weighted by Gasteiger charge is 2.38. The number of hydrogen-bond acceptors (Lipinski definition) is 5. The van der Waals surface area contributed by atoms with Crippen molar-refractivity contribution in [2.24, 2.45) is 10.2 Å². The van der Waals surface area contributed by atoms with E-state index in [1.807, 2.05) is 17.8 Å². The van der Waals surface area contributed by atoms with Gasteiger partial charge in [-0.15, -0.1) is 12.3 Å². The second-order valence-electron chi connectivity index (χ2n) is 6.34. The molecule has 0 aromatic carbocycles. The summed E-state index contributed by atoms with van der Waals surface area (Å²) in [4.78, 5) is 12.4. The molecule has 1 aromatic rings. The molecule has 24 heavy (non-hydrogen) atoms. The standard InChI is InChI=1S/C17H23N5O2/c1-3-4-7-17(20-21-17)8-9-18-16(23)15-12-22(19-13(15)2)14-5-10-24-11-6-14/h1,12,14H,4-11H2,2H3,(H,18,23). The van der Waals surface area contributed by atoms with E-state index in [-0.39, 0.29) is 11.6 Å². The van der Waals surface area contributed by atoms with E-state index >= 15 is 0 Å². The van der Waals surface area contributed by atoms with E-state index in [0.717, 1.165) is 38.2 Å². The highest BCUT2D eigenvalue weighted by atomic mass is 16.5. The molecule has 0 aliphatic carbocycles. The lowest BCUT2D eigenvalue weighted by Crippen LogP contribution is -2.28. The molecule has 0 atom stereocenters. The van der Waals surface area contributed by atoms with Crippen molar-refractivity contribution < 1.29 is 9.53 Å². The van der Waals surface area contributed by atoms with Gasteiger partial charge in [-0.3, -0.25) is 9.48 Å². The van der Waals surface area contributed by atoms with Crippen LogP contribution in [0.3, 0.4) is 0 Å². The van der Waals surface area contributed by atoms with Crippen LogP contribution in [-0.2, 0) is 4.74 Å². The smallest absolute Gasteiger partial charge is 0.254 e. The average molecular weight is 329 g/mol. The van der Waals surface area contributed by atoms with Gasteiger partial charge in [0.1, 0.15) is 0 Å². The van der Waals surface area contributed by atoms with Gasteiger partial charge in [-0.25, -0.2) is 0 Å². The molecule has 0 radical (unpaired) electrons. The zero-order valence-corrected chi connectivity index (χ0v) is 14.0. The Balaban J connectivity index is 1.52. The number of nitrogens with zero attached hydrogens (tertiary/aromatic N) is 4. The lowest BCUT2D eigenvalue weighted by molar-refractivity contribution is 0.0661. The van der Waals surface area contributed by atoms with Crippen LogP contribution in [0.5, 0.6) is 0 Å². The Morgan fingerprint density at radius 2 is 2.21 bits per heavy atom. The maximum Gasteiger partial charge on any atom is 0.254 e. The molecule has 1 aromatic heterocycles. The Bertz CT molecular complexity index is 661. The maximum atomic E-state index is 12.4. The summed E-state index contributed by atoms with van der Waals surface area (Å²) in [6, 6.07) is 0.315. The first-order valence-corrected chi connectivity index (χ1v) is 8.43. The van der Waals surface area contributed by atoms with Gasteiger partial charge >= 0.3 is 0 Å². The molecular weight excluding hydrogens is 306 g/mol. The SMILES string of the molecule is C#CCCC1(CCNC(=O)c2cn(C3CCOCC3)nc2C)N=N1. The lowest BCUT2D eigenvalue weighted by Gasteiger charge is -2.22. The van der Waals surface area contributed by atoms with Gasteiger partial charge in [0.25, 0.3) is 5.91 Å². The number of carbonyl (C=O) groups excluding carboxylic acids is 1. The summed E-state index contributed by atoms with van der Waals surface area (Å²) in [5, 5.41) is 15.6. The Morgan fingerprint density at radius 3 is 2.88 bits per heavy atom. The van der Waals surface area contributed by atoms with Crippen molar-refractivity contribution in [1.82, 2.24) is 15.1 Å². The third kappa shape index (κ3) is 3.82. The number of hydrogen-bond donors (Lipinski definition) is 1. The minimum atomic E-state index is -0.360. The molecule has 0 bridgehead atoms. The Hall–Kier alpha value is -2.20. The Kier molecular flexibility index (Phi) is 4.95. The molecule has 0 saturated carbocycles. The van der Waals surface area contributed by atoms with Crippen LogP contribution in [-0.4, -0.2) is 41.1 Å². The van der Waals surface area contributed by atoms with Crippen molar-refractivity contribution >= 4 is 5.91 Å². The fourth-order valence-corrected chi connectivity index (χ4v) is 2.98. The minimum absolute atomic E-state index is 0.0986. The van der Waals surface area contributed by atoms with Crippen molar-refractivity contribution in [2.75, 3.05) is 19.8 Å². The molecule has 7 heteroatoms. The molecule has 2 aliphatic rings. The fourth-order valence-electron chi connectivity index (χ4n) is 2.98. The summed E-state index contributed by atoms with van der Waals surface area (Å²) in [5.74, 6) is 2.50. The van der Waals surface area contributed by atoms with Crippen molar-refractivity contribution in [2.45, 2.75) is 50.7 Å². The average Bonchev–Trinajstić information content (AvgIpc) is 3.26. The van der Waals surface area contributed by atoms with E-state index in [1.165, 1.54) is 0 Å². The predicted molar refractivity (Wildman–Crippen MR) is 88.7 cm³/mol. The van der Waals surface area contributed by atoms with Gasteiger partial charge in [0.15, 0.2) is 5.66 Å². The molecule has 128 valence electrons. The topological polar surface area (TPSA) is 80.9 Å². The molecule has 3 heterocycles. The van der Waals surface area contributed by atoms with Gasteiger partial charge < -0.3 is 10.1 Å². The van der Waals surface area contributed by atoms with Crippen LogP contribution < -0.4 is 5.32 Å². The van der Waals surface area contributed by atoms with Gasteiger partial charge in [0.2, 0.25) is 0 Å². The van der Waals surface area contributed by atoms with Gasteiger partial charge in [-0.05, 0) is 19.8 Å². The van der Waals surface area contributed by atoms with Crippen molar-refractivity contribution in [3.63, 3.8) is 0 Å². The number of rotatable bonds is 7. The highest BCUT2D eigenvalue weighted by molar-refractivity contribution is 5.95. The van der Waals surface area contributed by atoms with E-state index in [2.05, 4.69) is 26.6 Å². The first-order chi connectivity index (χ1) is 11.6. The van der Waals surface area contributed by atoms with Crippen molar-refractivity contribution in [3.8, 4) is 12.3 Å². The van der Waals surface area contributed by atoms with E-state index in [1.54, 1.807) is 0 Å². The molecule has 0 unspecified atom stereocenters. The summed E-state index contributed by atoms with van der Waals surface area (Å²) in [6.07, 6.45) is 11.1. The first-order valence-electron chi connectivity index (χ1n) is 8.43. The molecule has 2 aliphatic heterocycles. The van der Waals surface area contributed by atoms with E-state index in [0.29, 0.717) is 31.0 Å². The third-order valence-corrected chi connectivity index (χ3v) is 4.59. The van der Waals surface area contributed by atoms with Crippen LogP contribution in [0.1, 0.15) is 54.2 Å². The Morgan fingerprint density at radius 1 is 1.46 bits per heavy atom. The summed E-state index contributed by atoms with van der Waals surface area (Å²) < 4.78 is 7.28. The highest BCUT2D eigenvalue weighted by Crippen LogP contribution is 2.36. The fraction of sp³-hybridized carbons (Fsp3) is 0.647. The summed E-state index contributed by atoms with van der Waals surface area (Å²) >= 11 is 0. The van der Waals surface area contributed by atoms with Gasteiger partial charge in [0.05, 0.1) is 17.3 Å². The maximum absolute atomic E-state index is 12.4. The minimum Gasteiger partial charge on any atom is -0.381 e. The largest absolute Gasteiger partial charge is 0.381 e. The normalized spacial score (nSPS) is 19.0. The summed E-state index contributed by atoms with van der Waals surface area (Å²) in [5.41, 5.74) is 1.02. The van der Waals surface area contributed by atoms with E-state index in [4.69, 9.17) is 11.2 Å². The van der Waals surface area contributed by atoms with Crippen LogP contribution >= 0.6 is 0 Å². The number of aryl methyl sites for hydroxylation is 1. The molecule has 3 rings (SSSR count). The number of terminal acetylenes is 1. The van der Waals surface area contributed by atoms with Crippen LogP contribution in [0, 0.1) is 19.3 Å². The van der Waals surface area contributed by atoms with Gasteiger partial charge in [-0.1, -0.05) is 0 Å². The molecule has 7 nitrogen and oxygen atoms in total. The van der Waals surface area contributed by atoms with E-state index in [9.17, 15) is 4.79 Å². The predicted octanol–water partition coefficient (Wildman–Crippen LogP) is 2.24. The number of carbonyl (C=O) groups is 1. The number of aromatic nitrogens is 2. The van der Waals surface area contributed by atoms with Crippen LogP contribution in [0.4, 0.5) is 0 Å². The number of amides is 1. The van der Waals surface area contributed by atoms with Gasteiger partial charge in [-0.2, -0.15) is 15.3 Å². The molecule has 1 amide bonds. The molecular formula is C17H23N5O2. The Labute approximate surface area is 141 Å². The zero-order valence-electron chi connectivity index (χ0n) is 14.0. The quantitative estimate of drug-likeness (QED) is 0.779. The lowest BCUT2D eigenvalue weighted by atomic mass is 10.0. The second-order valence-corrected chi connectivity index (χ2v) is 6.34. The summed E-state index contributed by atoms with van der Waals surface area (Å²) in [6.45, 7) is 3.89. The molecule has 1 saturated heterocycles. The monoisotopic (exact) mass is 329 g/mol. The zero-order chi connectivity index (χ0) is 17.0. The number of nitrogens with one attached hydrogen (secondary N) is 1. The number of ether oxygens (including phenoxy) is 1. The van der Waals surface area contributed by atoms with Crippen molar-refractivity contribution in [1.29, 1.82) is 0 Å².